The molecule has 17 heavy (non-hydrogen) atoms. The highest BCUT2D eigenvalue weighted by molar-refractivity contribution is 5.15. The van der Waals surface area contributed by atoms with Gasteiger partial charge in [0.1, 0.15) is 0 Å². The first-order valence-corrected chi connectivity index (χ1v) is 6.34. The summed E-state index contributed by atoms with van der Waals surface area (Å²) in [6.45, 7) is 7.77. The van der Waals surface area contributed by atoms with Gasteiger partial charge in [-0.2, -0.15) is 0 Å². The number of nitrogens with one attached hydrogen (secondary N) is 1. The maximum Gasteiger partial charge on any atom is 0.0593 e. The molecule has 94 valence electrons. The third-order valence-corrected chi connectivity index (χ3v) is 3.15. The number of piperazine rings is 1. The van der Waals surface area contributed by atoms with E-state index >= 15 is 0 Å². The highest BCUT2D eigenvalue weighted by atomic mass is 16.5. The molecule has 2 rings (SSSR count). The van der Waals surface area contributed by atoms with E-state index in [9.17, 15) is 0 Å². The van der Waals surface area contributed by atoms with Crippen molar-refractivity contribution < 1.29 is 4.74 Å². The molecule has 0 aliphatic carbocycles. The first kappa shape index (κ1) is 12.5. The van der Waals surface area contributed by atoms with E-state index in [4.69, 9.17) is 4.74 Å². The Kier molecular flexibility index (Phi) is 4.91. The maximum atomic E-state index is 5.44. The minimum Gasteiger partial charge on any atom is -0.380 e. The highest BCUT2D eigenvalue weighted by Gasteiger charge is 2.23. The van der Waals surface area contributed by atoms with Crippen LogP contribution in [0.4, 0.5) is 0 Å². The van der Waals surface area contributed by atoms with Gasteiger partial charge >= 0.3 is 0 Å². The van der Waals surface area contributed by atoms with Crippen LogP contribution >= 0.6 is 0 Å². The van der Waals surface area contributed by atoms with Crippen LogP contribution < -0.4 is 5.32 Å². The molecule has 0 amide bonds. The molecule has 1 saturated heterocycles. The van der Waals surface area contributed by atoms with Crippen LogP contribution in [0.1, 0.15) is 18.5 Å². The van der Waals surface area contributed by atoms with Crippen molar-refractivity contribution in [1.29, 1.82) is 0 Å². The average molecular weight is 235 g/mol. The molecule has 1 aliphatic heterocycles. The van der Waals surface area contributed by atoms with Crippen LogP contribution in [0.5, 0.6) is 0 Å². The quantitative estimate of drug-likeness (QED) is 0.775. The lowest BCUT2D eigenvalue weighted by atomic mass is 10.1. The minimum absolute atomic E-state index is 0.429. The van der Waals surface area contributed by atoms with E-state index in [2.05, 4.69) is 21.3 Å². The second-order valence-corrected chi connectivity index (χ2v) is 4.24. The van der Waals surface area contributed by atoms with E-state index in [0.29, 0.717) is 6.04 Å². The summed E-state index contributed by atoms with van der Waals surface area (Å²) >= 11 is 0. The molecule has 0 saturated carbocycles. The molecule has 1 atom stereocenters. The van der Waals surface area contributed by atoms with E-state index in [1.165, 1.54) is 5.56 Å². The summed E-state index contributed by atoms with van der Waals surface area (Å²) < 4.78 is 5.44. The van der Waals surface area contributed by atoms with Gasteiger partial charge in [-0.25, -0.2) is 0 Å². The van der Waals surface area contributed by atoms with Crippen LogP contribution in [0, 0.1) is 0 Å². The summed E-state index contributed by atoms with van der Waals surface area (Å²) in [5.41, 5.74) is 1.29. The number of nitrogens with zero attached hydrogens (tertiary/aromatic N) is 2. The van der Waals surface area contributed by atoms with Crippen molar-refractivity contribution in [3.63, 3.8) is 0 Å². The lowest BCUT2D eigenvalue weighted by Crippen LogP contribution is -2.47. The molecule has 1 N–H and O–H groups in total. The second-order valence-electron chi connectivity index (χ2n) is 4.24. The molecule has 1 unspecified atom stereocenters. The van der Waals surface area contributed by atoms with Crippen LogP contribution in [0.2, 0.25) is 0 Å². The zero-order valence-corrected chi connectivity index (χ0v) is 10.4. The lowest BCUT2D eigenvalue weighted by Gasteiger charge is -2.36. The number of aromatic nitrogens is 1. The lowest BCUT2D eigenvalue weighted by molar-refractivity contribution is 0.0828. The third-order valence-electron chi connectivity index (χ3n) is 3.15. The standard InChI is InChI=1S/C13H21N3O/c1-2-17-9-8-16-7-6-15-11-13(16)12-4-3-5-14-10-12/h3-5,10,13,15H,2,6-9,11H2,1H3. The van der Waals surface area contributed by atoms with Gasteiger partial charge < -0.3 is 10.1 Å². The first-order chi connectivity index (χ1) is 8.42. The van der Waals surface area contributed by atoms with Gasteiger partial charge in [0.25, 0.3) is 0 Å². The van der Waals surface area contributed by atoms with Gasteiger partial charge in [-0.3, -0.25) is 9.88 Å². The molecule has 0 spiro atoms. The normalized spacial score (nSPS) is 21.6. The summed E-state index contributed by atoms with van der Waals surface area (Å²) in [5.74, 6) is 0. The topological polar surface area (TPSA) is 37.4 Å². The zero-order chi connectivity index (χ0) is 11.9. The monoisotopic (exact) mass is 235 g/mol. The third kappa shape index (κ3) is 3.49. The number of hydrogen-bond acceptors (Lipinski definition) is 4. The Morgan fingerprint density at radius 1 is 1.59 bits per heavy atom. The smallest absolute Gasteiger partial charge is 0.0593 e. The fraction of sp³-hybridized carbons (Fsp3) is 0.615. The number of rotatable bonds is 5. The molecule has 4 heteroatoms. The van der Waals surface area contributed by atoms with Gasteiger partial charge in [-0.1, -0.05) is 6.07 Å². The summed E-state index contributed by atoms with van der Waals surface area (Å²) in [6.07, 6.45) is 3.79. The van der Waals surface area contributed by atoms with Crippen molar-refractivity contribution >= 4 is 0 Å². The SMILES string of the molecule is CCOCCN1CCNCC1c1cccnc1. The Morgan fingerprint density at radius 3 is 3.29 bits per heavy atom. The van der Waals surface area contributed by atoms with Crippen LogP contribution in [0.3, 0.4) is 0 Å². The van der Waals surface area contributed by atoms with Crippen LogP contribution in [-0.4, -0.2) is 49.3 Å². The van der Waals surface area contributed by atoms with Crippen molar-refractivity contribution in [2.75, 3.05) is 39.4 Å². The fourth-order valence-electron chi connectivity index (χ4n) is 2.24. The molecule has 0 radical (unpaired) electrons. The van der Waals surface area contributed by atoms with Gasteiger partial charge in [0.15, 0.2) is 0 Å². The molecule has 0 aromatic carbocycles. The van der Waals surface area contributed by atoms with E-state index in [1.807, 2.05) is 25.4 Å². The van der Waals surface area contributed by atoms with E-state index in [-0.39, 0.29) is 0 Å². The predicted molar refractivity (Wildman–Crippen MR) is 67.9 cm³/mol. The van der Waals surface area contributed by atoms with Crippen molar-refractivity contribution in [1.82, 2.24) is 15.2 Å². The first-order valence-electron chi connectivity index (χ1n) is 6.34. The van der Waals surface area contributed by atoms with E-state index in [0.717, 1.165) is 39.4 Å². The van der Waals surface area contributed by atoms with Gasteiger partial charge in [0.2, 0.25) is 0 Å². The Morgan fingerprint density at radius 2 is 2.53 bits per heavy atom. The maximum absolute atomic E-state index is 5.44. The van der Waals surface area contributed by atoms with Crippen molar-refractivity contribution in [3.05, 3.63) is 30.1 Å². The van der Waals surface area contributed by atoms with E-state index in [1.54, 1.807) is 0 Å². The summed E-state index contributed by atoms with van der Waals surface area (Å²) in [4.78, 5) is 6.68. The number of hydrogen-bond donors (Lipinski definition) is 1. The van der Waals surface area contributed by atoms with E-state index < -0.39 is 0 Å². The average Bonchev–Trinajstić information content (AvgIpc) is 2.41. The van der Waals surface area contributed by atoms with Crippen LogP contribution in [-0.2, 0) is 4.74 Å². The second kappa shape index (κ2) is 6.69. The largest absolute Gasteiger partial charge is 0.380 e. The molecule has 2 heterocycles. The molecular formula is C13H21N3O. The van der Waals surface area contributed by atoms with Crippen molar-refractivity contribution in [2.24, 2.45) is 0 Å². The van der Waals surface area contributed by atoms with Crippen molar-refractivity contribution in [3.8, 4) is 0 Å². The molecule has 1 aromatic heterocycles. The molecule has 1 aliphatic rings. The van der Waals surface area contributed by atoms with Crippen molar-refractivity contribution in [2.45, 2.75) is 13.0 Å². The number of ether oxygens (including phenoxy) is 1. The van der Waals surface area contributed by atoms with Gasteiger partial charge in [0, 0.05) is 51.2 Å². The summed E-state index contributed by atoms with van der Waals surface area (Å²) in [5, 5.41) is 3.44. The van der Waals surface area contributed by atoms with Crippen LogP contribution in [0.25, 0.3) is 0 Å². The Balaban J connectivity index is 1.97. The zero-order valence-electron chi connectivity index (χ0n) is 10.4. The summed E-state index contributed by atoms with van der Waals surface area (Å²) in [7, 11) is 0. The van der Waals surface area contributed by atoms with Crippen LogP contribution in [0.15, 0.2) is 24.5 Å². The minimum atomic E-state index is 0.429. The fourth-order valence-corrected chi connectivity index (χ4v) is 2.24. The molecular weight excluding hydrogens is 214 g/mol. The number of pyridine rings is 1. The highest BCUT2D eigenvalue weighted by Crippen LogP contribution is 2.20. The Bertz CT molecular complexity index is 318. The predicted octanol–water partition coefficient (Wildman–Crippen LogP) is 1.06. The molecule has 1 fully saturated rings. The van der Waals surface area contributed by atoms with Gasteiger partial charge in [-0.15, -0.1) is 0 Å². The summed E-state index contributed by atoms with van der Waals surface area (Å²) in [6, 6.07) is 4.58. The van der Waals surface area contributed by atoms with Gasteiger partial charge in [0.05, 0.1) is 6.61 Å². The van der Waals surface area contributed by atoms with Gasteiger partial charge in [-0.05, 0) is 18.6 Å². The Labute approximate surface area is 103 Å². The Hall–Kier alpha value is -0.970. The molecule has 4 nitrogen and oxygen atoms in total. The molecule has 1 aromatic rings. The molecule has 0 bridgehead atoms.